The highest BCUT2D eigenvalue weighted by molar-refractivity contribution is 5.68. The standard InChI is InChI=1S/C16H20N2O/c1-11-4-6-13(7-5-11)12(2)18-16-9-8-14(19-3)10-15(16)17/h4-10,12,18H,17H2,1-3H3. The summed E-state index contributed by atoms with van der Waals surface area (Å²) in [6.45, 7) is 4.21. The van der Waals surface area contributed by atoms with E-state index < -0.39 is 0 Å². The Balaban J connectivity index is 2.14. The van der Waals surface area contributed by atoms with Crippen LogP contribution < -0.4 is 15.8 Å². The van der Waals surface area contributed by atoms with Crippen LogP contribution in [-0.4, -0.2) is 7.11 Å². The maximum absolute atomic E-state index is 6.00. The molecule has 3 nitrogen and oxygen atoms in total. The topological polar surface area (TPSA) is 47.3 Å². The van der Waals surface area contributed by atoms with Gasteiger partial charge in [0, 0.05) is 12.1 Å². The van der Waals surface area contributed by atoms with Crippen molar-refractivity contribution >= 4 is 11.4 Å². The molecule has 0 radical (unpaired) electrons. The second-order valence-electron chi connectivity index (χ2n) is 4.73. The molecule has 0 fully saturated rings. The lowest BCUT2D eigenvalue weighted by atomic mass is 10.1. The summed E-state index contributed by atoms with van der Waals surface area (Å²) >= 11 is 0. The lowest BCUT2D eigenvalue weighted by molar-refractivity contribution is 0.415. The second-order valence-corrected chi connectivity index (χ2v) is 4.73. The summed E-state index contributed by atoms with van der Waals surface area (Å²) in [5, 5.41) is 3.42. The number of nitrogens with one attached hydrogen (secondary N) is 1. The zero-order chi connectivity index (χ0) is 13.8. The minimum atomic E-state index is 0.205. The van der Waals surface area contributed by atoms with Gasteiger partial charge in [-0.15, -0.1) is 0 Å². The number of nitrogen functional groups attached to an aromatic ring is 1. The predicted octanol–water partition coefficient (Wildman–Crippen LogP) is 3.76. The van der Waals surface area contributed by atoms with Crippen molar-refractivity contribution in [3.05, 3.63) is 53.6 Å². The SMILES string of the molecule is COc1ccc(NC(C)c2ccc(C)cc2)c(N)c1. The van der Waals surface area contributed by atoms with Crippen molar-refractivity contribution in [3.63, 3.8) is 0 Å². The summed E-state index contributed by atoms with van der Waals surface area (Å²) in [6.07, 6.45) is 0. The third kappa shape index (κ3) is 3.19. The molecule has 0 amide bonds. The average Bonchev–Trinajstić information content (AvgIpc) is 2.41. The molecule has 0 aliphatic carbocycles. The van der Waals surface area contributed by atoms with Crippen LogP contribution in [0.15, 0.2) is 42.5 Å². The molecule has 0 heterocycles. The number of methoxy groups -OCH3 is 1. The van der Waals surface area contributed by atoms with E-state index in [1.54, 1.807) is 7.11 Å². The fourth-order valence-electron chi connectivity index (χ4n) is 1.97. The van der Waals surface area contributed by atoms with Crippen molar-refractivity contribution in [3.8, 4) is 5.75 Å². The first-order valence-electron chi connectivity index (χ1n) is 6.37. The van der Waals surface area contributed by atoms with Crippen molar-refractivity contribution < 1.29 is 4.74 Å². The highest BCUT2D eigenvalue weighted by Crippen LogP contribution is 2.27. The molecule has 2 aromatic carbocycles. The summed E-state index contributed by atoms with van der Waals surface area (Å²) in [6, 6.07) is 14.4. The zero-order valence-electron chi connectivity index (χ0n) is 11.6. The van der Waals surface area contributed by atoms with Gasteiger partial charge in [-0.05, 0) is 31.5 Å². The Bertz CT molecular complexity index is 549. The molecule has 19 heavy (non-hydrogen) atoms. The predicted molar refractivity (Wildman–Crippen MR) is 80.6 cm³/mol. The van der Waals surface area contributed by atoms with Crippen molar-refractivity contribution in [2.75, 3.05) is 18.2 Å². The zero-order valence-corrected chi connectivity index (χ0v) is 11.6. The van der Waals surface area contributed by atoms with Crippen LogP contribution in [0.4, 0.5) is 11.4 Å². The summed E-state index contributed by atoms with van der Waals surface area (Å²) in [4.78, 5) is 0. The number of benzene rings is 2. The first-order valence-corrected chi connectivity index (χ1v) is 6.37. The Morgan fingerprint density at radius 1 is 1.11 bits per heavy atom. The number of aryl methyl sites for hydroxylation is 1. The molecule has 0 aliphatic rings. The third-order valence-corrected chi connectivity index (χ3v) is 3.21. The Labute approximate surface area is 114 Å². The molecule has 0 aromatic heterocycles. The number of rotatable bonds is 4. The summed E-state index contributed by atoms with van der Waals surface area (Å²) in [5.41, 5.74) is 10.1. The van der Waals surface area contributed by atoms with E-state index in [4.69, 9.17) is 10.5 Å². The Morgan fingerprint density at radius 3 is 2.37 bits per heavy atom. The molecule has 3 heteroatoms. The van der Waals surface area contributed by atoms with E-state index in [0.29, 0.717) is 5.69 Å². The Hall–Kier alpha value is -2.16. The maximum Gasteiger partial charge on any atom is 0.121 e. The van der Waals surface area contributed by atoms with Gasteiger partial charge in [0.05, 0.1) is 18.5 Å². The molecule has 2 aromatic rings. The molecule has 3 N–H and O–H groups in total. The molecule has 2 rings (SSSR count). The Morgan fingerprint density at radius 2 is 1.79 bits per heavy atom. The highest BCUT2D eigenvalue weighted by Gasteiger charge is 2.07. The van der Waals surface area contributed by atoms with Gasteiger partial charge in [0.15, 0.2) is 0 Å². The van der Waals surface area contributed by atoms with Gasteiger partial charge in [-0.3, -0.25) is 0 Å². The monoisotopic (exact) mass is 256 g/mol. The highest BCUT2D eigenvalue weighted by atomic mass is 16.5. The second kappa shape index (κ2) is 5.65. The van der Waals surface area contributed by atoms with E-state index >= 15 is 0 Å². The van der Waals surface area contributed by atoms with Crippen LogP contribution in [0.2, 0.25) is 0 Å². The number of nitrogens with two attached hydrogens (primary N) is 1. The average molecular weight is 256 g/mol. The van der Waals surface area contributed by atoms with Gasteiger partial charge in [-0.2, -0.15) is 0 Å². The van der Waals surface area contributed by atoms with E-state index in [1.807, 2.05) is 18.2 Å². The molecule has 100 valence electrons. The van der Waals surface area contributed by atoms with Crippen LogP contribution >= 0.6 is 0 Å². The molecule has 0 aliphatic heterocycles. The minimum Gasteiger partial charge on any atom is -0.497 e. The first kappa shape index (κ1) is 13.3. The molecular weight excluding hydrogens is 236 g/mol. The van der Waals surface area contributed by atoms with Gasteiger partial charge in [-0.25, -0.2) is 0 Å². The van der Waals surface area contributed by atoms with E-state index in [9.17, 15) is 0 Å². The van der Waals surface area contributed by atoms with E-state index in [0.717, 1.165) is 11.4 Å². The van der Waals surface area contributed by atoms with Crippen LogP contribution in [0.5, 0.6) is 5.75 Å². The first-order chi connectivity index (χ1) is 9.10. The summed E-state index contributed by atoms with van der Waals surface area (Å²) < 4.78 is 5.15. The minimum absolute atomic E-state index is 0.205. The van der Waals surface area contributed by atoms with Gasteiger partial charge in [-0.1, -0.05) is 29.8 Å². The van der Waals surface area contributed by atoms with E-state index in [-0.39, 0.29) is 6.04 Å². The lowest BCUT2D eigenvalue weighted by Crippen LogP contribution is -2.08. The number of hydrogen-bond donors (Lipinski definition) is 2. The molecule has 0 spiro atoms. The summed E-state index contributed by atoms with van der Waals surface area (Å²) in [7, 11) is 1.64. The quantitative estimate of drug-likeness (QED) is 0.819. The van der Waals surface area contributed by atoms with Gasteiger partial charge in [0.1, 0.15) is 5.75 Å². The number of ether oxygens (including phenoxy) is 1. The van der Waals surface area contributed by atoms with Crippen LogP contribution in [0.3, 0.4) is 0 Å². The van der Waals surface area contributed by atoms with Crippen LogP contribution in [-0.2, 0) is 0 Å². The van der Waals surface area contributed by atoms with Crippen LogP contribution in [0.25, 0.3) is 0 Å². The van der Waals surface area contributed by atoms with Gasteiger partial charge < -0.3 is 15.8 Å². The molecule has 1 unspecified atom stereocenters. The number of anilines is 2. The normalized spacial score (nSPS) is 11.9. The van der Waals surface area contributed by atoms with Crippen LogP contribution in [0, 0.1) is 6.92 Å². The van der Waals surface area contributed by atoms with E-state index in [2.05, 4.69) is 43.4 Å². The Kier molecular flexibility index (Phi) is 3.95. The van der Waals surface area contributed by atoms with Gasteiger partial charge in [0.25, 0.3) is 0 Å². The van der Waals surface area contributed by atoms with Crippen molar-refractivity contribution in [2.45, 2.75) is 19.9 Å². The molecule has 0 saturated heterocycles. The lowest BCUT2D eigenvalue weighted by Gasteiger charge is -2.18. The maximum atomic E-state index is 6.00. The van der Waals surface area contributed by atoms with Crippen molar-refractivity contribution in [1.29, 1.82) is 0 Å². The summed E-state index contributed by atoms with van der Waals surface area (Å²) in [5.74, 6) is 0.769. The number of hydrogen-bond acceptors (Lipinski definition) is 3. The van der Waals surface area contributed by atoms with Crippen molar-refractivity contribution in [2.24, 2.45) is 0 Å². The third-order valence-electron chi connectivity index (χ3n) is 3.21. The largest absolute Gasteiger partial charge is 0.497 e. The van der Waals surface area contributed by atoms with E-state index in [1.165, 1.54) is 11.1 Å². The smallest absolute Gasteiger partial charge is 0.121 e. The fourth-order valence-corrected chi connectivity index (χ4v) is 1.97. The molecule has 0 bridgehead atoms. The molecule has 1 atom stereocenters. The van der Waals surface area contributed by atoms with Crippen LogP contribution in [0.1, 0.15) is 24.1 Å². The molecule has 0 saturated carbocycles. The molecular formula is C16H20N2O. The fraction of sp³-hybridized carbons (Fsp3) is 0.250. The van der Waals surface area contributed by atoms with Gasteiger partial charge >= 0.3 is 0 Å². The van der Waals surface area contributed by atoms with Crippen molar-refractivity contribution in [1.82, 2.24) is 0 Å². The van der Waals surface area contributed by atoms with Gasteiger partial charge in [0.2, 0.25) is 0 Å².